The molecule has 1 nitrogen and oxygen atoms in total. The van der Waals surface area contributed by atoms with Crippen LogP contribution in [0.3, 0.4) is 0 Å². The molecule has 2 aromatic rings. The second-order valence-electron chi connectivity index (χ2n) is 5.74. The van der Waals surface area contributed by atoms with Crippen molar-refractivity contribution in [2.45, 2.75) is 45.6 Å². The predicted molar refractivity (Wildman–Crippen MR) is 90.7 cm³/mol. The molecule has 108 valence electrons. The minimum Gasteiger partial charge on any atom is -0.383 e. The van der Waals surface area contributed by atoms with Crippen LogP contribution in [0, 0.1) is 0 Å². The number of benzene rings is 1. The van der Waals surface area contributed by atoms with Gasteiger partial charge in [-0.1, -0.05) is 45.9 Å². The van der Waals surface area contributed by atoms with Crippen molar-refractivity contribution in [1.29, 1.82) is 0 Å². The smallest absolute Gasteiger partial charge is 0.113 e. The second kappa shape index (κ2) is 6.42. The SMILES string of the molecule is CC(C)c1ccc(C(O)c2ccc(Br)s2)c(C(C)C)c1. The Labute approximate surface area is 133 Å². The molecular weight excluding hydrogens is 332 g/mol. The van der Waals surface area contributed by atoms with Gasteiger partial charge in [-0.05, 0) is 56.6 Å². The topological polar surface area (TPSA) is 20.2 Å². The zero-order chi connectivity index (χ0) is 14.9. The summed E-state index contributed by atoms with van der Waals surface area (Å²) in [4.78, 5) is 0.982. The average molecular weight is 353 g/mol. The van der Waals surface area contributed by atoms with Crippen molar-refractivity contribution in [2.24, 2.45) is 0 Å². The van der Waals surface area contributed by atoms with Crippen molar-refractivity contribution in [1.82, 2.24) is 0 Å². The summed E-state index contributed by atoms with van der Waals surface area (Å²) in [6, 6.07) is 10.4. The van der Waals surface area contributed by atoms with Crippen molar-refractivity contribution in [3.63, 3.8) is 0 Å². The first kappa shape index (κ1) is 15.7. The fraction of sp³-hybridized carbons (Fsp3) is 0.412. The summed E-state index contributed by atoms with van der Waals surface area (Å²) < 4.78 is 1.05. The number of aliphatic hydroxyl groups is 1. The third kappa shape index (κ3) is 3.33. The lowest BCUT2D eigenvalue weighted by Gasteiger charge is -2.19. The molecule has 1 atom stereocenters. The number of halogens is 1. The van der Waals surface area contributed by atoms with E-state index in [0.29, 0.717) is 11.8 Å². The molecule has 0 radical (unpaired) electrons. The maximum absolute atomic E-state index is 10.7. The van der Waals surface area contributed by atoms with Crippen LogP contribution in [0.25, 0.3) is 0 Å². The van der Waals surface area contributed by atoms with Crippen LogP contribution in [-0.2, 0) is 0 Å². The molecule has 1 N–H and O–H groups in total. The molecule has 0 amide bonds. The lowest BCUT2D eigenvalue weighted by molar-refractivity contribution is 0.222. The molecule has 1 unspecified atom stereocenters. The molecule has 0 saturated carbocycles. The van der Waals surface area contributed by atoms with Gasteiger partial charge in [0, 0.05) is 4.88 Å². The highest BCUT2D eigenvalue weighted by Crippen LogP contribution is 2.35. The summed E-state index contributed by atoms with van der Waals surface area (Å²) in [5.74, 6) is 0.913. The van der Waals surface area contributed by atoms with Gasteiger partial charge in [-0.3, -0.25) is 0 Å². The Balaban J connectivity index is 2.45. The Morgan fingerprint density at radius 3 is 2.15 bits per heavy atom. The van der Waals surface area contributed by atoms with Crippen LogP contribution < -0.4 is 0 Å². The summed E-state index contributed by atoms with van der Waals surface area (Å²) in [5.41, 5.74) is 3.60. The highest BCUT2D eigenvalue weighted by Gasteiger charge is 2.18. The van der Waals surface area contributed by atoms with E-state index in [0.717, 1.165) is 14.2 Å². The van der Waals surface area contributed by atoms with Crippen molar-refractivity contribution in [3.8, 4) is 0 Å². The van der Waals surface area contributed by atoms with Gasteiger partial charge in [-0.15, -0.1) is 11.3 Å². The van der Waals surface area contributed by atoms with Crippen molar-refractivity contribution in [2.75, 3.05) is 0 Å². The first-order valence-corrected chi connectivity index (χ1v) is 8.58. The molecule has 0 aliphatic rings. The standard InChI is InChI=1S/C17H21BrOS/c1-10(2)12-5-6-13(14(9-12)11(3)4)17(19)15-7-8-16(18)20-15/h5-11,17,19H,1-4H3. The average Bonchev–Trinajstić information content (AvgIpc) is 2.83. The van der Waals surface area contributed by atoms with Gasteiger partial charge in [-0.25, -0.2) is 0 Å². The van der Waals surface area contributed by atoms with E-state index in [2.05, 4.69) is 61.8 Å². The lowest BCUT2D eigenvalue weighted by Crippen LogP contribution is -2.05. The van der Waals surface area contributed by atoms with Gasteiger partial charge in [0.2, 0.25) is 0 Å². The van der Waals surface area contributed by atoms with Gasteiger partial charge in [0.25, 0.3) is 0 Å². The van der Waals surface area contributed by atoms with Gasteiger partial charge in [-0.2, -0.15) is 0 Å². The van der Waals surface area contributed by atoms with Crippen LogP contribution in [0.1, 0.15) is 67.2 Å². The summed E-state index contributed by atoms with van der Waals surface area (Å²) in [6.07, 6.45) is -0.537. The van der Waals surface area contributed by atoms with E-state index in [1.807, 2.05) is 12.1 Å². The minimum absolute atomic E-state index is 0.404. The molecule has 3 heteroatoms. The third-order valence-corrected chi connectivity index (χ3v) is 5.23. The number of thiophene rings is 1. The Bertz CT molecular complexity index is 586. The number of aliphatic hydroxyl groups excluding tert-OH is 1. The molecule has 0 fully saturated rings. The van der Waals surface area contributed by atoms with Crippen LogP contribution in [0.4, 0.5) is 0 Å². The largest absolute Gasteiger partial charge is 0.383 e. The molecular formula is C17H21BrOS. The van der Waals surface area contributed by atoms with Crippen LogP contribution in [0.2, 0.25) is 0 Å². The zero-order valence-corrected chi connectivity index (χ0v) is 14.8. The van der Waals surface area contributed by atoms with Gasteiger partial charge >= 0.3 is 0 Å². The fourth-order valence-corrected chi connectivity index (χ4v) is 3.76. The molecule has 0 aliphatic heterocycles. The number of rotatable bonds is 4. The molecule has 0 saturated heterocycles. The Morgan fingerprint density at radius 2 is 1.65 bits per heavy atom. The number of hydrogen-bond acceptors (Lipinski definition) is 2. The first-order valence-electron chi connectivity index (χ1n) is 6.97. The highest BCUT2D eigenvalue weighted by molar-refractivity contribution is 9.11. The van der Waals surface area contributed by atoms with Gasteiger partial charge in [0.1, 0.15) is 6.10 Å². The number of hydrogen-bond donors (Lipinski definition) is 1. The molecule has 2 rings (SSSR count). The Kier molecular flexibility index (Phi) is 5.05. The van der Waals surface area contributed by atoms with Crippen LogP contribution in [0.5, 0.6) is 0 Å². The molecule has 1 aromatic heterocycles. The second-order valence-corrected chi connectivity index (χ2v) is 8.24. The van der Waals surface area contributed by atoms with E-state index in [-0.39, 0.29) is 0 Å². The van der Waals surface area contributed by atoms with Crippen molar-refractivity contribution < 1.29 is 5.11 Å². The van der Waals surface area contributed by atoms with E-state index in [9.17, 15) is 5.11 Å². The fourth-order valence-electron chi connectivity index (χ4n) is 2.33. The first-order chi connectivity index (χ1) is 9.40. The molecule has 0 bridgehead atoms. The molecule has 0 spiro atoms. The Hall–Kier alpha value is -0.640. The van der Waals surface area contributed by atoms with Gasteiger partial charge < -0.3 is 5.11 Å². The van der Waals surface area contributed by atoms with E-state index in [1.54, 1.807) is 11.3 Å². The normalized spacial score (nSPS) is 13.2. The summed E-state index contributed by atoms with van der Waals surface area (Å²) >= 11 is 5.05. The minimum atomic E-state index is -0.537. The molecule has 1 aromatic carbocycles. The zero-order valence-electron chi connectivity index (χ0n) is 12.4. The van der Waals surface area contributed by atoms with Gasteiger partial charge in [0.15, 0.2) is 0 Å². The molecule has 1 heterocycles. The van der Waals surface area contributed by atoms with Crippen LogP contribution in [0.15, 0.2) is 34.1 Å². The van der Waals surface area contributed by atoms with Crippen molar-refractivity contribution in [3.05, 3.63) is 55.7 Å². The van der Waals surface area contributed by atoms with E-state index < -0.39 is 6.10 Å². The van der Waals surface area contributed by atoms with Crippen LogP contribution >= 0.6 is 27.3 Å². The lowest BCUT2D eigenvalue weighted by atomic mass is 9.89. The maximum Gasteiger partial charge on any atom is 0.113 e. The van der Waals surface area contributed by atoms with E-state index in [1.165, 1.54) is 11.1 Å². The summed E-state index contributed by atoms with van der Waals surface area (Å²) in [7, 11) is 0. The third-order valence-electron chi connectivity index (χ3n) is 3.56. The van der Waals surface area contributed by atoms with Crippen molar-refractivity contribution >= 4 is 27.3 Å². The summed E-state index contributed by atoms with van der Waals surface area (Å²) in [6.45, 7) is 8.76. The molecule has 0 aliphatic carbocycles. The Morgan fingerprint density at radius 1 is 0.950 bits per heavy atom. The summed E-state index contributed by atoms with van der Waals surface area (Å²) in [5, 5.41) is 10.7. The van der Waals surface area contributed by atoms with E-state index >= 15 is 0 Å². The van der Waals surface area contributed by atoms with E-state index in [4.69, 9.17) is 0 Å². The van der Waals surface area contributed by atoms with Gasteiger partial charge in [0.05, 0.1) is 3.79 Å². The quantitative estimate of drug-likeness (QED) is 0.732. The predicted octanol–water partition coefficient (Wildman–Crippen LogP) is 5.84. The highest BCUT2D eigenvalue weighted by atomic mass is 79.9. The molecule has 20 heavy (non-hydrogen) atoms. The monoisotopic (exact) mass is 352 g/mol. The van der Waals surface area contributed by atoms with Crippen LogP contribution in [-0.4, -0.2) is 5.11 Å². The maximum atomic E-state index is 10.7.